The molecule has 6 nitrogen and oxygen atoms in total. The number of rotatable bonds is 8. The number of carbonyl (C=O) groups is 1. The van der Waals surface area contributed by atoms with Crippen molar-refractivity contribution in [2.75, 3.05) is 20.3 Å². The van der Waals surface area contributed by atoms with Crippen LogP contribution in [0, 0.1) is 13.8 Å². The minimum Gasteiger partial charge on any atom is -0.493 e. The monoisotopic (exact) mass is 356 g/mol. The quantitative estimate of drug-likeness (QED) is 0.582. The SMILES string of the molecule is CCOc1ccc(/C=N/NC(=O)COc2cccc(C)c2C)cc1OC. The summed E-state index contributed by atoms with van der Waals surface area (Å²) in [4.78, 5) is 11.9. The van der Waals surface area contributed by atoms with Crippen molar-refractivity contribution in [1.82, 2.24) is 5.43 Å². The maximum atomic E-state index is 11.9. The highest BCUT2D eigenvalue weighted by Gasteiger charge is 2.06. The van der Waals surface area contributed by atoms with Gasteiger partial charge in [-0.15, -0.1) is 0 Å². The molecule has 0 aromatic heterocycles. The van der Waals surface area contributed by atoms with Crippen LogP contribution >= 0.6 is 0 Å². The number of benzene rings is 2. The van der Waals surface area contributed by atoms with Crippen LogP contribution in [0.5, 0.6) is 17.2 Å². The molecular weight excluding hydrogens is 332 g/mol. The number of amides is 1. The third-order valence-corrected chi connectivity index (χ3v) is 3.80. The summed E-state index contributed by atoms with van der Waals surface area (Å²) in [5.41, 5.74) is 5.36. The van der Waals surface area contributed by atoms with Crippen LogP contribution in [0.25, 0.3) is 0 Å². The molecule has 0 saturated carbocycles. The van der Waals surface area contributed by atoms with E-state index in [1.165, 1.54) is 6.21 Å². The molecule has 6 heteroatoms. The summed E-state index contributed by atoms with van der Waals surface area (Å²) in [5, 5.41) is 3.94. The molecule has 0 aliphatic heterocycles. The topological polar surface area (TPSA) is 69.2 Å². The molecule has 2 aromatic carbocycles. The minimum atomic E-state index is -0.333. The molecule has 0 unspecified atom stereocenters. The lowest BCUT2D eigenvalue weighted by Crippen LogP contribution is -2.24. The van der Waals surface area contributed by atoms with E-state index in [1.807, 2.05) is 45.0 Å². The molecule has 0 saturated heterocycles. The van der Waals surface area contributed by atoms with Crippen LogP contribution < -0.4 is 19.6 Å². The van der Waals surface area contributed by atoms with Crippen molar-refractivity contribution in [1.29, 1.82) is 0 Å². The minimum absolute atomic E-state index is 0.103. The smallest absolute Gasteiger partial charge is 0.277 e. The average molecular weight is 356 g/mol. The fourth-order valence-corrected chi connectivity index (χ4v) is 2.27. The van der Waals surface area contributed by atoms with E-state index in [0.717, 1.165) is 16.7 Å². The zero-order chi connectivity index (χ0) is 18.9. The van der Waals surface area contributed by atoms with Crippen LogP contribution in [0.4, 0.5) is 0 Å². The van der Waals surface area contributed by atoms with E-state index in [-0.39, 0.29) is 12.5 Å². The van der Waals surface area contributed by atoms with E-state index in [1.54, 1.807) is 19.2 Å². The Morgan fingerprint density at radius 2 is 1.92 bits per heavy atom. The highest BCUT2D eigenvalue weighted by atomic mass is 16.5. The summed E-state index contributed by atoms with van der Waals surface area (Å²) in [6.07, 6.45) is 1.54. The number of methoxy groups -OCH3 is 1. The zero-order valence-electron chi connectivity index (χ0n) is 15.5. The van der Waals surface area contributed by atoms with Gasteiger partial charge in [-0.05, 0) is 61.7 Å². The number of nitrogens with one attached hydrogen (secondary N) is 1. The molecule has 0 radical (unpaired) electrons. The molecule has 138 valence electrons. The third-order valence-electron chi connectivity index (χ3n) is 3.80. The van der Waals surface area contributed by atoms with E-state index in [0.29, 0.717) is 23.9 Å². The first-order chi connectivity index (χ1) is 12.5. The lowest BCUT2D eigenvalue weighted by atomic mass is 10.1. The van der Waals surface area contributed by atoms with E-state index in [4.69, 9.17) is 14.2 Å². The van der Waals surface area contributed by atoms with E-state index < -0.39 is 0 Å². The number of hydrogen-bond donors (Lipinski definition) is 1. The van der Waals surface area contributed by atoms with Gasteiger partial charge in [-0.3, -0.25) is 4.79 Å². The molecule has 1 amide bonds. The number of ether oxygens (including phenoxy) is 3. The molecule has 0 aliphatic carbocycles. The Hall–Kier alpha value is -3.02. The highest BCUT2D eigenvalue weighted by Crippen LogP contribution is 2.27. The van der Waals surface area contributed by atoms with E-state index in [2.05, 4.69) is 10.5 Å². The number of hydrogen-bond acceptors (Lipinski definition) is 5. The number of aryl methyl sites for hydroxylation is 1. The van der Waals surface area contributed by atoms with Crippen LogP contribution in [0.2, 0.25) is 0 Å². The predicted molar refractivity (Wildman–Crippen MR) is 101 cm³/mol. The van der Waals surface area contributed by atoms with E-state index >= 15 is 0 Å². The van der Waals surface area contributed by atoms with Crippen molar-refractivity contribution in [3.05, 3.63) is 53.1 Å². The Balaban J connectivity index is 1.89. The Bertz CT molecular complexity index is 787. The van der Waals surface area contributed by atoms with Crippen LogP contribution in [-0.2, 0) is 4.79 Å². The van der Waals surface area contributed by atoms with Crippen LogP contribution in [0.1, 0.15) is 23.6 Å². The molecular formula is C20H24N2O4. The van der Waals surface area contributed by atoms with Gasteiger partial charge in [-0.25, -0.2) is 5.43 Å². The largest absolute Gasteiger partial charge is 0.493 e. The summed E-state index contributed by atoms with van der Waals surface area (Å²) < 4.78 is 16.3. The average Bonchev–Trinajstić information content (AvgIpc) is 2.64. The summed E-state index contributed by atoms with van der Waals surface area (Å²) >= 11 is 0. The highest BCUT2D eigenvalue weighted by molar-refractivity contribution is 5.83. The molecule has 0 spiro atoms. The van der Waals surface area contributed by atoms with Gasteiger partial charge in [-0.2, -0.15) is 5.10 Å². The zero-order valence-corrected chi connectivity index (χ0v) is 15.5. The molecule has 2 aromatic rings. The van der Waals surface area contributed by atoms with Gasteiger partial charge in [-0.1, -0.05) is 12.1 Å². The maximum Gasteiger partial charge on any atom is 0.277 e. The second kappa shape index (κ2) is 9.46. The molecule has 0 atom stereocenters. The van der Waals surface area contributed by atoms with Gasteiger partial charge in [0.1, 0.15) is 5.75 Å². The van der Waals surface area contributed by atoms with Gasteiger partial charge >= 0.3 is 0 Å². The van der Waals surface area contributed by atoms with Crippen molar-refractivity contribution in [2.24, 2.45) is 5.10 Å². The second-order valence-corrected chi connectivity index (χ2v) is 5.62. The first-order valence-electron chi connectivity index (χ1n) is 8.37. The molecule has 0 aliphatic rings. The number of hydrazone groups is 1. The Morgan fingerprint density at radius 3 is 2.65 bits per heavy atom. The predicted octanol–water partition coefficient (Wildman–Crippen LogP) is 3.24. The summed E-state index contributed by atoms with van der Waals surface area (Å²) in [5.74, 6) is 1.64. The number of carbonyl (C=O) groups excluding carboxylic acids is 1. The van der Waals surface area contributed by atoms with Crippen molar-refractivity contribution in [3.63, 3.8) is 0 Å². The van der Waals surface area contributed by atoms with Crippen LogP contribution in [0.15, 0.2) is 41.5 Å². The Morgan fingerprint density at radius 1 is 1.12 bits per heavy atom. The van der Waals surface area contributed by atoms with Gasteiger partial charge in [0.15, 0.2) is 18.1 Å². The molecule has 0 heterocycles. The lowest BCUT2D eigenvalue weighted by Gasteiger charge is -2.10. The van der Waals surface area contributed by atoms with Gasteiger partial charge < -0.3 is 14.2 Å². The second-order valence-electron chi connectivity index (χ2n) is 5.62. The summed E-state index contributed by atoms with van der Waals surface area (Å²) in [6.45, 7) is 6.32. The van der Waals surface area contributed by atoms with Crippen LogP contribution in [0.3, 0.4) is 0 Å². The molecule has 0 bridgehead atoms. The van der Waals surface area contributed by atoms with Crippen LogP contribution in [-0.4, -0.2) is 32.4 Å². The van der Waals surface area contributed by atoms with Gasteiger partial charge in [0.25, 0.3) is 5.91 Å². The van der Waals surface area contributed by atoms with E-state index in [9.17, 15) is 4.79 Å². The first kappa shape index (κ1) is 19.3. The summed E-state index contributed by atoms with van der Waals surface area (Å²) in [7, 11) is 1.57. The van der Waals surface area contributed by atoms with Crippen molar-refractivity contribution in [3.8, 4) is 17.2 Å². The van der Waals surface area contributed by atoms with Crippen molar-refractivity contribution < 1.29 is 19.0 Å². The maximum absolute atomic E-state index is 11.9. The lowest BCUT2D eigenvalue weighted by molar-refractivity contribution is -0.123. The van der Waals surface area contributed by atoms with Crippen molar-refractivity contribution >= 4 is 12.1 Å². The molecule has 0 fully saturated rings. The van der Waals surface area contributed by atoms with Gasteiger partial charge in [0.05, 0.1) is 19.9 Å². The standard InChI is InChI=1S/C20H24N2O4/c1-5-25-18-10-9-16(11-19(18)24-4)12-21-22-20(23)13-26-17-8-6-7-14(2)15(17)3/h6-12H,5,13H2,1-4H3,(H,22,23)/b21-12+. The number of nitrogens with zero attached hydrogens (tertiary/aromatic N) is 1. The van der Waals surface area contributed by atoms with Gasteiger partial charge in [0.2, 0.25) is 0 Å². The molecule has 1 N–H and O–H groups in total. The first-order valence-corrected chi connectivity index (χ1v) is 8.37. The molecule has 2 rings (SSSR count). The fourth-order valence-electron chi connectivity index (χ4n) is 2.27. The summed E-state index contributed by atoms with van der Waals surface area (Å²) in [6, 6.07) is 11.1. The normalized spacial score (nSPS) is 10.6. The third kappa shape index (κ3) is 5.24. The Labute approximate surface area is 153 Å². The van der Waals surface area contributed by atoms with Gasteiger partial charge in [0, 0.05) is 0 Å². The molecule has 26 heavy (non-hydrogen) atoms. The fraction of sp³-hybridized carbons (Fsp3) is 0.300. The Kier molecular flexibility index (Phi) is 7.02. The van der Waals surface area contributed by atoms with Crippen molar-refractivity contribution in [2.45, 2.75) is 20.8 Å².